The van der Waals surface area contributed by atoms with E-state index in [4.69, 9.17) is 9.47 Å². The number of hydrogen-bond acceptors (Lipinski definition) is 4. The molecule has 0 radical (unpaired) electrons. The van der Waals surface area contributed by atoms with E-state index >= 15 is 0 Å². The van der Waals surface area contributed by atoms with Crippen LogP contribution in [-0.4, -0.2) is 41.4 Å². The molecule has 2 aromatic carbocycles. The molecule has 0 saturated carbocycles. The number of carbonyl (C=O) groups excluding carboxylic acids is 1. The Labute approximate surface area is 152 Å². The van der Waals surface area contributed by atoms with Gasteiger partial charge in [0.2, 0.25) is 0 Å². The third kappa shape index (κ3) is 3.97. The SMILES string of the molecule is COc1ccc(CN2C=CC(O)N(Cc3ccc(OC)cc3)C2=O)cc1. The van der Waals surface area contributed by atoms with E-state index < -0.39 is 6.23 Å². The van der Waals surface area contributed by atoms with Crippen LogP contribution in [0.4, 0.5) is 4.79 Å². The topological polar surface area (TPSA) is 62.2 Å². The number of ether oxygens (including phenoxy) is 2. The first-order chi connectivity index (χ1) is 12.6. The van der Waals surface area contributed by atoms with Gasteiger partial charge in [0.05, 0.1) is 27.3 Å². The van der Waals surface area contributed by atoms with Crippen molar-refractivity contribution in [3.05, 3.63) is 71.9 Å². The molecular weight excluding hydrogens is 332 g/mol. The number of nitrogens with zero attached hydrogens (tertiary/aromatic N) is 2. The molecule has 3 rings (SSSR count). The van der Waals surface area contributed by atoms with Crippen LogP contribution >= 0.6 is 0 Å². The summed E-state index contributed by atoms with van der Waals surface area (Å²) >= 11 is 0. The Balaban J connectivity index is 1.70. The van der Waals surface area contributed by atoms with Gasteiger partial charge in [0.1, 0.15) is 11.5 Å². The number of aliphatic hydroxyl groups is 1. The molecule has 0 aliphatic carbocycles. The molecule has 2 amide bonds. The van der Waals surface area contributed by atoms with Crippen molar-refractivity contribution in [3.8, 4) is 11.5 Å². The average Bonchev–Trinajstić information content (AvgIpc) is 2.68. The van der Waals surface area contributed by atoms with E-state index in [1.54, 1.807) is 31.4 Å². The third-order valence-corrected chi connectivity index (χ3v) is 4.27. The van der Waals surface area contributed by atoms with Gasteiger partial charge in [-0.3, -0.25) is 9.80 Å². The molecule has 0 spiro atoms. The summed E-state index contributed by atoms with van der Waals surface area (Å²) in [6.45, 7) is 0.735. The predicted molar refractivity (Wildman–Crippen MR) is 97.6 cm³/mol. The molecule has 1 N–H and O–H groups in total. The molecule has 6 nitrogen and oxygen atoms in total. The van der Waals surface area contributed by atoms with Crippen LogP contribution in [-0.2, 0) is 13.1 Å². The van der Waals surface area contributed by atoms with Crippen LogP contribution in [0, 0.1) is 0 Å². The Hall–Kier alpha value is -2.99. The first kappa shape index (κ1) is 17.8. The Morgan fingerprint density at radius 3 is 1.88 bits per heavy atom. The van der Waals surface area contributed by atoms with E-state index in [1.807, 2.05) is 48.5 Å². The molecule has 0 saturated heterocycles. The Bertz CT molecular complexity index is 771. The molecule has 136 valence electrons. The Morgan fingerprint density at radius 2 is 1.38 bits per heavy atom. The van der Waals surface area contributed by atoms with Gasteiger partial charge >= 0.3 is 6.03 Å². The summed E-state index contributed by atoms with van der Waals surface area (Å²) in [6, 6.07) is 14.7. The third-order valence-electron chi connectivity index (χ3n) is 4.27. The van der Waals surface area contributed by atoms with Crippen molar-refractivity contribution in [2.75, 3.05) is 14.2 Å². The second-order valence-electron chi connectivity index (χ2n) is 5.99. The van der Waals surface area contributed by atoms with E-state index in [0.717, 1.165) is 22.6 Å². The zero-order chi connectivity index (χ0) is 18.5. The van der Waals surface area contributed by atoms with Gasteiger partial charge in [-0.05, 0) is 41.5 Å². The lowest BCUT2D eigenvalue weighted by Gasteiger charge is -2.35. The summed E-state index contributed by atoms with van der Waals surface area (Å²) in [5.41, 5.74) is 1.89. The quantitative estimate of drug-likeness (QED) is 0.866. The summed E-state index contributed by atoms with van der Waals surface area (Å²) in [7, 11) is 3.22. The first-order valence-corrected chi connectivity index (χ1v) is 8.30. The number of aliphatic hydroxyl groups excluding tert-OH is 1. The van der Waals surface area contributed by atoms with Gasteiger partial charge in [-0.1, -0.05) is 24.3 Å². The summed E-state index contributed by atoms with van der Waals surface area (Å²) < 4.78 is 10.3. The van der Waals surface area contributed by atoms with Crippen molar-refractivity contribution in [1.82, 2.24) is 9.80 Å². The van der Waals surface area contributed by atoms with Crippen LogP contribution in [0.25, 0.3) is 0 Å². The van der Waals surface area contributed by atoms with E-state index in [9.17, 15) is 9.90 Å². The number of amides is 2. The van der Waals surface area contributed by atoms with Crippen LogP contribution in [0.2, 0.25) is 0 Å². The largest absolute Gasteiger partial charge is 0.497 e. The Morgan fingerprint density at radius 1 is 0.885 bits per heavy atom. The number of carbonyl (C=O) groups is 1. The molecule has 1 heterocycles. The fraction of sp³-hybridized carbons (Fsp3) is 0.250. The van der Waals surface area contributed by atoms with Crippen LogP contribution in [0.15, 0.2) is 60.8 Å². The number of benzene rings is 2. The molecule has 1 aliphatic heterocycles. The highest BCUT2D eigenvalue weighted by molar-refractivity contribution is 5.77. The molecule has 26 heavy (non-hydrogen) atoms. The average molecular weight is 354 g/mol. The van der Waals surface area contributed by atoms with Crippen molar-refractivity contribution in [3.63, 3.8) is 0 Å². The minimum atomic E-state index is -0.947. The van der Waals surface area contributed by atoms with Gasteiger partial charge in [0.15, 0.2) is 6.23 Å². The summed E-state index contributed by atoms with van der Waals surface area (Å²) in [5.74, 6) is 1.52. The van der Waals surface area contributed by atoms with Crippen molar-refractivity contribution in [1.29, 1.82) is 0 Å². The highest BCUT2D eigenvalue weighted by atomic mass is 16.5. The van der Waals surface area contributed by atoms with E-state index in [0.29, 0.717) is 13.1 Å². The second-order valence-corrected chi connectivity index (χ2v) is 5.99. The molecule has 1 aliphatic rings. The van der Waals surface area contributed by atoms with Crippen LogP contribution in [0.1, 0.15) is 11.1 Å². The summed E-state index contributed by atoms with van der Waals surface area (Å²) in [5, 5.41) is 10.2. The number of hydrogen-bond donors (Lipinski definition) is 1. The number of urea groups is 1. The van der Waals surface area contributed by atoms with Crippen LogP contribution in [0.5, 0.6) is 11.5 Å². The van der Waals surface area contributed by atoms with Gasteiger partial charge in [-0.2, -0.15) is 0 Å². The zero-order valence-corrected chi connectivity index (χ0v) is 14.8. The fourth-order valence-electron chi connectivity index (χ4n) is 2.76. The summed E-state index contributed by atoms with van der Waals surface area (Å²) in [6.07, 6.45) is 2.28. The number of rotatable bonds is 6. The summed E-state index contributed by atoms with van der Waals surface area (Å²) in [4.78, 5) is 15.8. The van der Waals surface area contributed by atoms with Crippen molar-refractivity contribution >= 4 is 6.03 Å². The molecule has 2 aromatic rings. The van der Waals surface area contributed by atoms with E-state index in [-0.39, 0.29) is 6.03 Å². The lowest BCUT2D eigenvalue weighted by Crippen LogP contribution is -2.48. The molecular formula is C20H22N2O4. The molecule has 6 heteroatoms. The highest BCUT2D eigenvalue weighted by Gasteiger charge is 2.28. The minimum absolute atomic E-state index is 0.244. The van der Waals surface area contributed by atoms with Gasteiger partial charge in [-0.15, -0.1) is 0 Å². The van der Waals surface area contributed by atoms with Gasteiger partial charge in [-0.25, -0.2) is 4.79 Å². The highest BCUT2D eigenvalue weighted by Crippen LogP contribution is 2.20. The fourth-order valence-corrected chi connectivity index (χ4v) is 2.76. The van der Waals surface area contributed by atoms with Gasteiger partial charge in [0, 0.05) is 6.20 Å². The maximum absolute atomic E-state index is 12.8. The van der Waals surface area contributed by atoms with Gasteiger partial charge < -0.3 is 14.6 Å². The first-order valence-electron chi connectivity index (χ1n) is 8.30. The minimum Gasteiger partial charge on any atom is -0.497 e. The standard InChI is InChI=1S/C20H22N2O4/c1-25-17-7-3-15(4-8-17)13-21-12-11-19(23)22(20(21)24)14-16-5-9-18(26-2)10-6-16/h3-12,19,23H,13-14H2,1-2H3. The maximum Gasteiger partial charge on any atom is 0.326 e. The maximum atomic E-state index is 12.8. The van der Waals surface area contributed by atoms with Gasteiger partial charge in [0.25, 0.3) is 0 Å². The monoisotopic (exact) mass is 354 g/mol. The predicted octanol–water partition coefficient (Wildman–Crippen LogP) is 2.97. The van der Waals surface area contributed by atoms with Crippen LogP contribution < -0.4 is 9.47 Å². The van der Waals surface area contributed by atoms with E-state index in [2.05, 4.69) is 0 Å². The zero-order valence-electron chi connectivity index (χ0n) is 14.8. The molecule has 1 atom stereocenters. The smallest absolute Gasteiger partial charge is 0.326 e. The van der Waals surface area contributed by atoms with Crippen molar-refractivity contribution in [2.45, 2.75) is 19.3 Å². The molecule has 1 unspecified atom stereocenters. The lowest BCUT2D eigenvalue weighted by molar-refractivity contribution is 0.0398. The normalized spacial score (nSPS) is 16.7. The lowest BCUT2D eigenvalue weighted by atomic mass is 10.1. The molecule has 0 aromatic heterocycles. The second kappa shape index (κ2) is 7.93. The van der Waals surface area contributed by atoms with E-state index in [1.165, 1.54) is 4.90 Å². The molecule has 0 bridgehead atoms. The van der Waals surface area contributed by atoms with Crippen LogP contribution in [0.3, 0.4) is 0 Å². The number of methoxy groups -OCH3 is 2. The van der Waals surface area contributed by atoms with Crippen molar-refractivity contribution < 1.29 is 19.4 Å². The molecule has 0 fully saturated rings. The Kier molecular flexibility index (Phi) is 5.43. The van der Waals surface area contributed by atoms with Crippen molar-refractivity contribution in [2.24, 2.45) is 0 Å².